The van der Waals surface area contributed by atoms with E-state index >= 15 is 0 Å². The van der Waals surface area contributed by atoms with Gasteiger partial charge in [0.05, 0.1) is 0 Å². The predicted octanol–water partition coefficient (Wildman–Crippen LogP) is 3.78. The molecule has 2 N–H and O–H groups in total. The summed E-state index contributed by atoms with van der Waals surface area (Å²) in [6.45, 7) is 9.41. The fraction of sp³-hybridized carbons (Fsp3) is 0.435. The minimum Gasteiger partial charge on any atom is -0.454 e. The molecule has 0 bridgehead atoms. The average Bonchev–Trinajstić information content (AvgIpc) is 3.23. The highest BCUT2D eigenvalue weighted by Gasteiger charge is 2.13. The van der Waals surface area contributed by atoms with Gasteiger partial charge in [-0.15, -0.1) is 24.0 Å². The van der Waals surface area contributed by atoms with Crippen molar-refractivity contribution in [3.05, 3.63) is 59.2 Å². The minimum atomic E-state index is 0. The Morgan fingerprint density at radius 1 is 0.933 bits per heavy atom. The number of ether oxygens (including phenoxy) is 2. The summed E-state index contributed by atoms with van der Waals surface area (Å²) in [5.41, 5.74) is 3.80. The van der Waals surface area contributed by atoms with Crippen LogP contribution < -0.4 is 20.1 Å². The van der Waals surface area contributed by atoms with E-state index in [0.717, 1.165) is 56.6 Å². The number of hydrogen-bond donors (Lipinski definition) is 2. The summed E-state index contributed by atoms with van der Waals surface area (Å²) in [5, 5.41) is 6.75. The Balaban J connectivity index is 0.00000320. The molecule has 1 aliphatic heterocycles. The lowest BCUT2D eigenvalue weighted by Crippen LogP contribution is -2.37. The van der Waals surface area contributed by atoms with Crippen LogP contribution in [0.3, 0.4) is 0 Å². The van der Waals surface area contributed by atoms with Crippen molar-refractivity contribution in [2.24, 2.45) is 4.99 Å². The zero-order chi connectivity index (χ0) is 20.5. The highest BCUT2D eigenvalue weighted by Crippen LogP contribution is 2.32. The lowest BCUT2D eigenvalue weighted by molar-refractivity contribution is 0.174. The van der Waals surface area contributed by atoms with Crippen molar-refractivity contribution >= 4 is 29.9 Å². The van der Waals surface area contributed by atoms with Gasteiger partial charge in [0.1, 0.15) is 0 Å². The molecule has 1 aliphatic rings. The lowest BCUT2D eigenvalue weighted by atomic mass is 10.1. The number of benzene rings is 2. The van der Waals surface area contributed by atoms with E-state index in [1.165, 1.54) is 16.7 Å². The van der Waals surface area contributed by atoms with Crippen LogP contribution in [0.1, 0.15) is 30.5 Å². The number of fused-ring (bicyclic) bond motifs is 1. The molecule has 0 aromatic heterocycles. The molecule has 1 heterocycles. The second-order valence-electron chi connectivity index (χ2n) is 7.07. The normalized spacial score (nSPS) is 12.6. The maximum absolute atomic E-state index is 5.44. The Bertz CT molecular complexity index is 807. The average molecular weight is 524 g/mol. The third-order valence-electron chi connectivity index (χ3n) is 5.15. The highest BCUT2D eigenvalue weighted by molar-refractivity contribution is 14.0. The van der Waals surface area contributed by atoms with Crippen molar-refractivity contribution in [1.82, 2.24) is 15.5 Å². The van der Waals surface area contributed by atoms with Gasteiger partial charge in [-0.2, -0.15) is 0 Å². The third kappa shape index (κ3) is 7.05. The van der Waals surface area contributed by atoms with E-state index in [4.69, 9.17) is 9.47 Å². The quantitative estimate of drug-likeness (QED) is 0.297. The second-order valence-corrected chi connectivity index (χ2v) is 7.07. The van der Waals surface area contributed by atoms with E-state index in [9.17, 15) is 0 Å². The number of aliphatic imine (C=N–C) groups is 1. The van der Waals surface area contributed by atoms with Gasteiger partial charge in [-0.05, 0) is 48.3 Å². The van der Waals surface area contributed by atoms with Crippen LogP contribution in [0.2, 0.25) is 0 Å². The molecule has 7 heteroatoms. The number of rotatable bonds is 9. The van der Waals surface area contributed by atoms with Gasteiger partial charge >= 0.3 is 0 Å². The van der Waals surface area contributed by atoms with Crippen molar-refractivity contribution in [3.8, 4) is 11.5 Å². The summed E-state index contributed by atoms with van der Waals surface area (Å²) in [5.74, 6) is 2.45. The molecule has 0 saturated heterocycles. The Morgan fingerprint density at radius 3 is 2.30 bits per heavy atom. The lowest BCUT2D eigenvalue weighted by Gasteiger charge is -2.18. The van der Waals surface area contributed by atoms with Crippen molar-refractivity contribution in [2.45, 2.75) is 33.4 Å². The van der Waals surface area contributed by atoms with Crippen LogP contribution >= 0.6 is 24.0 Å². The molecule has 30 heavy (non-hydrogen) atoms. The van der Waals surface area contributed by atoms with Gasteiger partial charge in [0.15, 0.2) is 17.5 Å². The molecular weight excluding hydrogens is 491 g/mol. The first kappa shape index (κ1) is 24.3. The Morgan fingerprint density at radius 2 is 1.60 bits per heavy atom. The topological polar surface area (TPSA) is 58.1 Å². The summed E-state index contributed by atoms with van der Waals surface area (Å²) < 4.78 is 10.8. The zero-order valence-corrected chi connectivity index (χ0v) is 20.4. The van der Waals surface area contributed by atoms with Gasteiger partial charge in [0, 0.05) is 26.7 Å². The van der Waals surface area contributed by atoms with Crippen molar-refractivity contribution in [2.75, 3.05) is 33.5 Å². The van der Waals surface area contributed by atoms with Gasteiger partial charge < -0.3 is 20.1 Å². The molecule has 0 unspecified atom stereocenters. The van der Waals surface area contributed by atoms with Gasteiger partial charge in [0.2, 0.25) is 6.79 Å². The number of nitrogens with one attached hydrogen (secondary N) is 2. The Labute approximate surface area is 197 Å². The Hall–Kier alpha value is -2.00. The summed E-state index contributed by atoms with van der Waals surface area (Å²) in [4.78, 5) is 6.73. The van der Waals surface area contributed by atoms with Gasteiger partial charge in [-0.1, -0.05) is 44.2 Å². The van der Waals surface area contributed by atoms with Crippen molar-refractivity contribution in [3.63, 3.8) is 0 Å². The fourth-order valence-electron chi connectivity index (χ4n) is 3.30. The van der Waals surface area contributed by atoms with Crippen LogP contribution in [0.4, 0.5) is 0 Å². The van der Waals surface area contributed by atoms with Crippen LogP contribution in [0, 0.1) is 0 Å². The summed E-state index contributed by atoms with van der Waals surface area (Å²) in [7, 11) is 1.79. The van der Waals surface area contributed by atoms with Crippen molar-refractivity contribution < 1.29 is 9.47 Å². The van der Waals surface area contributed by atoms with E-state index in [0.29, 0.717) is 6.79 Å². The fourth-order valence-corrected chi connectivity index (χ4v) is 3.30. The zero-order valence-electron chi connectivity index (χ0n) is 18.1. The largest absolute Gasteiger partial charge is 0.454 e. The molecular formula is C23H33IN4O2. The second kappa shape index (κ2) is 12.6. The predicted molar refractivity (Wildman–Crippen MR) is 133 cm³/mol. The summed E-state index contributed by atoms with van der Waals surface area (Å²) in [6, 6.07) is 14.9. The van der Waals surface area contributed by atoms with E-state index in [2.05, 4.69) is 64.7 Å². The number of halogens is 1. The molecule has 0 radical (unpaired) electrons. The molecule has 164 valence electrons. The van der Waals surface area contributed by atoms with Crippen LogP contribution in [-0.2, 0) is 19.5 Å². The standard InChI is InChI=1S/C23H32N4O2.HI/c1-4-27(5-2)16-20-8-6-19(7-9-20)15-26-23(24-3)25-13-12-18-10-11-21-22(14-18)29-17-28-21;/h6-11,14H,4-5,12-13,15-17H2,1-3H3,(H2,24,25,26);1H. The molecule has 2 aromatic rings. The highest BCUT2D eigenvalue weighted by atomic mass is 127. The number of nitrogens with zero attached hydrogens (tertiary/aromatic N) is 2. The molecule has 2 aromatic carbocycles. The van der Waals surface area contributed by atoms with E-state index in [1.54, 1.807) is 7.05 Å². The summed E-state index contributed by atoms with van der Waals surface area (Å²) >= 11 is 0. The van der Waals surface area contributed by atoms with E-state index in [1.807, 2.05) is 12.1 Å². The van der Waals surface area contributed by atoms with Gasteiger partial charge in [-0.3, -0.25) is 9.89 Å². The van der Waals surface area contributed by atoms with E-state index in [-0.39, 0.29) is 24.0 Å². The van der Waals surface area contributed by atoms with Gasteiger partial charge in [-0.25, -0.2) is 0 Å². The number of guanidine groups is 1. The van der Waals surface area contributed by atoms with Gasteiger partial charge in [0.25, 0.3) is 0 Å². The van der Waals surface area contributed by atoms with Crippen LogP contribution in [0.25, 0.3) is 0 Å². The molecule has 0 aliphatic carbocycles. The SMILES string of the molecule is CCN(CC)Cc1ccc(CNC(=NC)NCCc2ccc3c(c2)OCO3)cc1.I. The maximum atomic E-state index is 5.44. The third-order valence-corrected chi connectivity index (χ3v) is 5.15. The van der Waals surface area contributed by atoms with Crippen LogP contribution in [-0.4, -0.2) is 44.3 Å². The van der Waals surface area contributed by atoms with Crippen LogP contribution in [0.15, 0.2) is 47.5 Å². The first-order chi connectivity index (χ1) is 14.2. The molecule has 0 atom stereocenters. The molecule has 6 nitrogen and oxygen atoms in total. The van der Waals surface area contributed by atoms with E-state index < -0.39 is 0 Å². The molecule has 3 rings (SSSR count). The van der Waals surface area contributed by atoms with Crippen molar-refractivity contribution in [1.29, 1.82) is 0 Å². The summed E-state index contributed by atoms with van der Waals surface area (Å²) in [6.07, 6.45) is 0.886. The first-order valence-corrected chi connectivity index (χ1v) is 10.3. The Kier molecular flexibility index (Phi) is 10.2. The molecule has 0 fully saturated rings. The molecule has 0 saturated carbocycles. The molecule has 0 spiro atoms. The van der Waals surface area contributed by atoms with Crippen LogP contribution in [0.5, 0.6) is 11.5 Å². The molecule has 0 amide bonds. The maximum Gasteiger partial charge on any atom is 0.231 e. The monoisotopic (exact) mass is 524 g/mol. The smallest absolute Gasteiger partial charge is 0.231 e. The minimum absolute atomic E-state index is 0. The number of hydrogen-bond acceptors (Lipinski definition) is 4. The first-order valence-electron chi connectivity index (χ1n) is 10.3.